The van der Waals surface area contributed by atoms with Crippen LogP contribution in [0.1, 0.15) is 15.9 Å². The van der Waals surface area contributed by atoms with Gasteiger partial charge < -0.3 is 5.32 Å². The second-order valence-electron chi connectivity index (χ2n) is 6.40. The van der Waals surface area contributed by atoms with Gasteiger partial charge in [-0.15, -0.1) is 5.10 Å². The zero-order chi connectivity index (χ0) is 19.5. The quantitative estimate of drug-likeness (QED) is 0.526. The summed E-state index contributed by atoms with van der Waals surface area (Å²) in [5.74, 6) is -0.160. The van der Waals surface area contributed by atoms with Crippen LogP contribution < -0.4 is 5.32 Å². The molecule has 6 heteroatoms. The van der Waals surface area contributed by atoms with Gasteiger partial charge in [0.1, 0.15) is 0 Å². The zero-order valence-corrected chi connectivity index (χ0v) is 15.9. The predicted molar refractivity (Wildman–Crippen MR) is 111 cm³/mol. The first-order valence-electron chi connectivity index (χ1n) is 8.75. The number of hydrogen-bond donors (Lipinski definition) is 1. The summed E-state index contributed by atoms with van der Waals surface area (Å²) >= 11 is 5.97. The summed E-state index contributed by atoms with van der Waals surface area (Å²) in [5.41, 5.74) is 5.09. The van der Waals surface area contributed by atoms with Crippen molar-refractivity contribution in [1.29, 1.82) is 0 Å². The lowest BCUT2D eigenvalue weighted by Gasteiger charge is -2.09. The fourth-order valence-corrected chi connectivity index (χ4v) is 2.96. The van der Waals surface area contributed by atoms with Crippen molar-refractivity contribution in [2.24, 2.45) is 0 Å². The molecule has 1 aromatic heterocycles. The molecule has 0 aliphatic heterocycles. The maximum atomic E-state index is 12.5. The highest BCUT2D eigenvalue weighted by atomic mass is 35.5. The van der Waals surface area contributed by atoms with Crippen molar-refractivity contribution in [3.63, 3.8) is 0 Å². The molecule has 0 aliphatic rings. The molecule has 1 heterocycles. The van der Waals surface area contributed by atoms with Crippen molar-refractivity contribution in [1.82, 2.24) is 15.0 Å². The minimum absolute atomic E-state index is 0.160. The van der Waals surface area contributed by atoms with Crippen LogP contribution in [-0.4, -0.2) is 20.9 Å². The first kappa shape index (κ1) is 17.9. The lowest BCUT2D eigenvalue weighted by molar-refractivity contribution is 0.102. The van der Waals surface area contributed by atoms with Crippen LogP contribution in [0.2, 0.25) is 5.02 Å². The maximum Gasteiger partial charge on any atom is 0.255 e. The number of carbonyl (C=O) groups excluding carboxylic acids is 1. The second-order valence-corrected chi connectivity index (χ2v) is 6.84. The predicted octanol–water partition coefficient (Wildman–Crippen LogP) is 5.15. The van der Waals surface area contributed by atoms with Crippen molar-refractivity contribution in [2.75, 3.05) is 5.32 Å². The number of hydrogen-bond acceptors (Lipinski definition) is 3. The molecule has 0 bridgehead atoms. The van der Waals surface area contributed by atoms with Crippen LogP contribution in [0.25, 0.3) is 16.9 Å². The average molecular weight is 389 g/mol. The number of nitrogens with zero attached hydrogens (tertiary/aromatic N) is 3. The molecule has 1 amide bonds. The van der Waals surface area contributed by atoms with Crippen LogP contribution in [0.5, 0.6) is 0 Å². The Kier molecular flexibility index (Phi) is 4.91. The van der Waals surface area contributed by atoms with Crippen LogP contribution in [0, 0.1) is 6.92 Å². The normalized spacial score (nSPS) is 10.6. The van der Waals surface area contributed by atoms with Crippen LogP contribution in [0.4, 0.5) is 5.69 Å². The Balaban J connectivity index is 1.55. The standard InChI is InChI=1S/C22H17ClN4O/c1-15-2-10-19(11-3-15)25-22(28)17-6-12-20(13-7-17)27-21(14-24-26-27)16-4-8-18(23)9-5-16/h2-14H,1H3,(H,25,28). The lowest BCUT2D eigenvalue weighted by Crippen LogP contribution is -2.12. The van der Waals surface area contributed by atoms with E-state index in [0.29, 0.717) is 10.6 Å². The minimum Gasteiger partial charge on any atom is -0.322 e. The molecule has 4 rings (SSSR count). The third-order valence-corrected chi connectivity index (χ3v) is 4.62. The van der Waals surface area contributed by atoms with Crippen molar-refractivity contribution in [3.8, 4) is 16.9 Å². The number of halogens is 1. The van der Waals surface area contributed by atoms with Crippen molar-refractivity contribution < 1.29 is 4.79 Å². The van der Waals surface area contributed by atoms with Crippen molar-refractivity contribution >= 4 is 23.2 Å². The average Bonchev–Trinajstić information content (AvgIpc) is 3.20. The highest BCUT2D eigenvalue weighted by Crippen LogP contribution is 2.23. The summed E-state index contributed by atoms with van der Waals surface area (Å²) in [7, 11) is 0. The van der Waals surface area contributed by atoms with E-state index in [-0.39, 0.29) is 5.91 Å². The zero-order valence-electron chi connectivity index (χ0n) is 15.1. The molecular weight excluding hydrogens is 372 g/mol. The minimum atomic E-state index is -0.160. The summed E-state index contributed by atoms with van der Waals surface area (Å²) in [6.45, 7) is 2.01. The molecule has 0 saturated carbocycles. The van der Waals surface area contributed by atoms with Crippen LogP contribution in [-0.2, 0) is 0 Å². The Labute approximate surface area is 167 Å². The highest BCUT2D eigenvalue weighted by Gasteiger charge is 2.11. The smallest absolute Gasteiger partial charge is 0.255 e. The van der Waals surface area contributed by atoms with Gasteiger partial charge in [-0.3, -0.25) is 4.79 Å². The van der Waals surface area contributed by atoms with Gasteiger partial charge in [-0.1, -0.05) is 46.6 Å². The van der Waals surface area contributed by atoms with Gasteiger partial charge in [-0.05, 0) is 55.5 Å². The van der Waals surface area contributed by atoms with E-state index < -0.39 is 0 Å². The first-order valence-corrected chi connectivity index (χ1v) is 9.13. The van der Waals surface area contributed by atoms with Crippen molar-refractivity contribution in [2.45, 2.75) is 6.92 Å². The summed E-state index contributed by atoms with van der Waals surface area (Å²) in [6, 6.07) is 22.4. The molecule has 5 nitrogen and oxygen atoms in total. The molecule has 0 fully saturated rings. The molecule has 138 valence electrons. The SMILES string of the molecule is Cc1ccc(NC(=O)c2ccc(-n3nncc3-c3ccc(Cl)cc3)cc2)cc1. The summed E-state index contributed by atoms with van der Waals surface area (Å²) in [4.78, 5) is 12.5. The molecule has 0 radical (unpaired) electrons. The largest absolute Gasteiger partial charge is 0.322 e. The third kappa shape index (κ3) is 3.80. The first-order chi connectivity index (χ1) is 13.6. The number of amides is 1. The third-order valence-electron chi connectivity index (χ3n) is 4.37. The topological polar surface area (TPSA) is 59.8 Å². The van der Waals surface area contributed by atoms with E-state index in [9.17, 15) is 4.79 Å². The molecule has 28 heavy (non-hydrogen) atoms. The van der Waals surface area contributed by atoms with Crippen LogP contribution >= 0.6 is 11.6 Å². The van der Waals surface area contributed by atoms with Gasteiger partial charge in [-0.25, -0.2) is 4.68 Å². The molecule has 0 aliphatic carbocycles. The fourth-order valence-electron chi connectivity index (χ4n) is 2.84. The van der Waals surface area contributed by atoms with Gasteiger partial charge in [-0.2, -0.15) is 0 Å². The molecule has 0 atom stereocenters. The number of benzene rings is 3. The second kappa shape index (κ2) is 7.66. The Morgan fingerprint density at radius 1 is 0.929 bits per heavy atom. The number of nitrogens with one attached hydrogen (secondary N) is 1. The van der Waals surface area contributed by atoms with Gasteiger partial charge in [0.05, 0.1) is 17.6 Å². The number of rotatable bonds is 4. The van der Waals surface area contributed by atoms with Gasteiger partial charge in [0.2, 0.25) is 0 Å². The Hall–Kier alpha value is -3.44. The molecule has 0 saturated heterocycles. The Bertz CT molecular complexity index is 1100. The van der Waals surface area contributed by atoms with Gasteiger partial charge in [0.15, 0.2) is 0 Å². The van der Waals surface area contributed by atoms with Gasteiger partial charge >= 0.3 is 0 Å². The molecule has 1 N–H and O–H groups in total. The molecule has 0 unspecified atom stereocenters. The Morgan fingerprint density at radius 3 is 2.29 bits per heavy atom. The maximum absolute atomic E-state index is 12.5. The van der Waals surface area contributed by atoms with E-state index in [4.69, 9.17) is 11.6 Å². The van der Waals surface area contributed by atoms with Crippen LogP contribution in [0.3, 0.4) is 0 Å². The number of carbonyl (C=O) groups is 1. The van der Waals surface area contributed by atoms with Crippen LogP contribution in [0.15, 0.2) is 79.0 Å². The van der Waals surface area contributed by atoms with Crippen molar-refractivity contribution in [3.05, 3.63) is 95.1 Å². The van der Waals surface area contributed by atoms with E-state index in [1.165, 1.54) is 0 Å². The molecule has 0 spiro atoms. The highest BCUT2D eigenvalue weighted by molar-refractivity contribution is 6.30. The summed E-state index contributed by atoms with van der Waals surface area (Å²) < 4.78 is 1.73. The monoisotopic (exact) mass is 388 g/mol. The van der Waals surface area contributed by atoms with Gasteiger partial charge in [0.25, 0.3) is 5.91 Å². The van der Waals surface area contributed by atoms with E-state index >= 15 is 0 Å². The molecule has 3 aromatic carbocycles. The van der Waals surface area contributed by atoms with E-state index in [1.807, 2.05) is 67.6 Å². The van der Waals surface area contributed by atoms with E-state index in [0.717, 1.165) is 28.2 Å². The number of anilines is 1. The fraction of sp³-hybridized carbons (Fsp3) is 0.0455. The summed E-state index contributed by atoms with van der Waals surface area (Å²) in [6.07, 6.45) is 1.70. The Morgan fingerprint density at radius 2 is 1.61 bits per heavy atom. The number of aromatic nitrogens is 3. The number of aryl methyl sites for hydroxylation is 1. The lowest BCUT2D eigenvalue weighted by atomic mass is 10.1. The van der Waals surface area contributed by atoms with E-state index in [1.54, 1.807) is 23.0 Å². The molecule has 4 aromatic rings. The van der Waals surface area contributed by atoms with Gasteiger partial charge in [0, 0.05) is 21.8 Å². The molecular formula is C22H17ClN4O. The summed E-state index contributed by atoms with van der Waals surface area (Å²) in [5, 5.41) is 11.8. The van der Waals surface area contributed by atoms with E-state index in [2.05, 4.69) is 15.6 Å².